The Kier molecular flexibility index (Phi) is 3.28. The number of aldehydes is 1. The van der Waals surface area contributed by atoms with Crippen molar-refractivity contribution in [2.24, 2.45) is 7.05 Å². The number of hydrogen-bond donors (Lipinski definition) is 0. The Hall–Kier alpha value is -1.62. The van der Waals surface area contributed by atoms with Gasteiger partial charge < -0.3 is 0 Å². The summed E-state index contributed by atoms with van der Waals surface area (Å²) < 4.78 is 15.4. The fraction of sp³-hybridized carbons (Fsp3) is 0.167. The lowest BCUT2D eigenvalue weighted by molar-refractivity contribution is 0.112. The van der Waals surface area contributed by atoms with Crippen LogP contribution in [0.15, 0.2) is 34.2 Å². The Balaban J connectivity index is 2.30. The number of aryl methyl sites for hydroxylation is 2. The van der Waals surface area contributed by atoms with Gasteiger partial charge in [-0.15, -0.1) is 0 Å². The topological polar surface area (TPSA) is 34.9 Å². The van der Waals surface area contributed by atoms with Gasteiger partial charge in [0.2, 0.25) is 0 Å². The molecule has 0 spiro atoms. The molecule has 3 nitrogen and oxygen atoms in total. The second kappa shape index (κ2) is 4.71. The normalized spacial score (nSPS) is 10.5. The smallest absolute Gasteiger partial charge is 0.150 e. The maximum atomic E-state index is 13.7. The average Bonchev–Trinajstić information content (AvgIpc) is 2.60. The highest BCUT2D eigenvalue weighted by molar-refractivity contribution is 7.99. The third-order valence-electron chi connectivity index (χ3n) is 2.27. The maximum Gasteiger partial charge on any atom is 0.150 e. The van der Waals surface area contributed by atoms with E-state index >= 15 is 0 Å². The second-order valence-electron chi connectivity index (χ2n) is 3.66. The fourth-order valence-corrected chi connectivity index (χ4v) is 2.39. The summed E-state index contributed by atoms with van der Waals surface area (Å²) in [4.78, 5) is 11.0. The van der Waals surface area contributed by atoms with Crippen LogP contribution in [-0.4, -0.2) is 16.1 Å². The van der Waals surface area contributed by atoms with E-state index < -0.39 is 5.82 Å². The molecule has 0 N–H and O–H groups in total. The summed E-state index contributed by atoms with van der Waals surface area (Å²) in [6, 6.07) is 6.32. The zero-order valence-electron chi connectivity index (χ0n) is 9.48. The highest BCUT2D eigenvalue weighted by atomic mass is 32.2. The first-order valence-corrected chi connectivity index (χ1v) is 5.85. The van der Waals surface area contributed by atoms with Crippen molar-refractivity contribution in [3.8, 4) is 0 Å². The molecule has 0 aliphatic rings. The van der Waals surface area contributed by atoms with Crippen LogP contribution in [0.4, 0.5) is 4.39 Å². The monoisotopic (exact) mass is 250 g/mol. The summed E-state index contributed by atoms with van der Waals surface area (Å²) >= 11 is 1.29. The molecule has 0 radical (unpaired) electrons. The van der Waals surface area contributed by atoms with Gasteiger partial charge in [-0.3, -0.25) is 9.48 Å². The van der Waals surface area contributed by atoms with Crippen molar-refractivity contribution in [1.29, 1.82) is 0 Å². The summed E-state index contributed by atoms with van der Waals surface area (Å²) in [5.74, 6) is -0.390. The average molecular weight is 250 g/mol. The molecule has 0 unspecified atom stereocenters. The van der Waals surface area contributed by atoms with Crippen LogP contribution in [0.25, 0.3) is 0 Å². The Labute approximate surface area is 103 Å². The highest BCUT2D eigenvalue weighted by Gasteiger charge is 2.09. The van der Waals surface area contributed by atoms with Crippen molar-refractivity contribution in [1.82, 2.24) is 9.78 Å². The molecule has 0 aliphatic carbocycles. The minimum atomic E-state index is -0.390. The van der Waals surface area contributed by atoms with Gasteiger partial charge in [0.25, 0.3) is 0 Å². The summed E-state index contributed by atoms with van der Waals surface area (Å²) in [5.41, 5.74) is 1.23. The fourth-order valence-electron chi connectivity index (χ4n) is 1.47. The molecule has 0 bridgehead atoms. The van der Waals surface area contributed by atoms with Crippen molar-refractivity contribution >= 4 is 18.0 Å². The summed E-state index contributed by atoms with van der Waals surface area (Å²) in [6.45, 7) is 1.88. The van der Waals surface area contributed by atoms with Gasteiger partial charge in [-0.05, 0) is 25.1 Å². The summed E-state index contributed by atoms with van der Waals surface area (Å²) in [6.07, 6.45) is 0.631. The van der Waals surface area contributed by atoms with Crippen LogP contribution < -0.4 is 0 Å². The molecule has 0 aliphatic heterocycles. The molecular weight excluding hydrogens is 239 g/mol. The van der Waals surface area contributed by atoms with Gasteiger partial charge in [0.05, 0.1) is 10.7 Å². The number of halogens is 1. The number of rotatable bonds is 3. The van der Waals surface area contributed by atoms with E-state index in [9.17, 15) is 9.18 Å². The van der Waals surface area contributed by atoms with E-state index in [1.54, 1.807) is 16.8 Å². The Bertz CT molecular complexity index is 566. The SMILES string of the molecule is Cc1cc(Sc2ccc(C=O)cc2F)n(C)n1. The molecule has 0 fully saturated rings. The lowest BCUT2D eigenvalue weighted by atomic mass is 10.2. The maximum absolute atomic E-state index is 13.7. The predicted molar refractivity (Wildman–Crippen MR) is 63.9 cm³/mol. The number of aromatic nitrogens is 2. The Morgan fingerprint density at radius 3 is 2.71 bits per heavy atom. The number of carbonyl (C=O) groups is 1. The zero-order chi connectivity index (χ0) is 12.4. The quantitative estimate of drug-likeness (QED) is 0.786. The first kappa shape index (κ1) is 11.9. The van der Waals surface area contributed by atoms with Gasteiger partial charge in [-0.2, -0.15) is 5.10 Å². The van der Waals surface area contributed by atoms with Crippen LogP contribution in [0, 0.1) is 12.7 Å². The van der Waals surface area contributed by atoms with Crippen molar-refractivity contribution in [2.45, 2.75) is 16.8 Å². The number of nitrogens with zero attached hydrogens (tertiary/aromatic N) is 2. The number of carbonyl (C=O) groups excluding carboxylic acids is 1. The van der Waals surface area contributed by atoms with Crippen LogP contribution in [0.5, 0.6) is 0 Å². The van der Waals surface area contributed by atoms with E-state index in [0.29, 0.717) is 16.7 Å². The summed E-state index contributed by atoms with van der Waals surface area (Å²) in [5, 5.41) is 5.05. The van der Waals surface area contributed by atoms with Crippen molar-refractivity contribution in [2.75, 3.05) is 0 Å². The number of hydrogen-bond acceptors (Lipinski definition) is 3. The molecule has 5 heteroatoms. The van der Waals surface area contributed by atoms with Crippen molar-refractivity contribution in [3.05, 3.63) is 41.3 Å². The highest BCUT2D eigenvalue weighted by Crippen LogP contribution is 2.30. The lowest BCUT2D eigenvalue weighted by Gasteiger charge is -2.03. The van der Waals surface area contributed by atoms with Crippen LogP contribution in [-0.2, 0) is 7.05 Å². The van der Waals surface area contributed by atoms with Gasteiger partial charge in [0.1, 0.15) is 12.1 Å². The first-order chi connectivity index (χ1) is 8.10. The third-order valence-corrected chi connectivity index (χ3v) is 3.41. The third kappa shape index (κ3) is 2.55. The van der Waals surface area contributed by atoms with E-state index in [1.165, 1.54) is 17.8 Å². The standard InChI is InChI=1S/C12H11FN2OS/c1-8-5-12(15(2)14-8)17-11-4-3-9(7-16)6-10(11)13/h3-7H,1-2H3. The van der Waals surface area contributed by atoms with Crippen LogP contribution in [0.3, 0.4) is 0 Å². The van der Waals surface area contributed by atoms with Crippen LogP contribution in [0.2, 0.25) is 0 Å². The van der Waals surface area contributed by atoms with E-state index in [2.05, 4.69) is 5.10 Å². The van der Waals surface area contributed by atoms with E-state index in [4.69, 9.17) is 0 Å². The molecule has 1 heterocycles. The van der Waals surface area contributed by atoms with Crippen LogP contribution >= 0.6 is 11.8 Å². The molecule has 17 heavy (non-hydrogen) atoms. The molecule has 1 aromatic heterocycles. The zero-order valence-corrected chi connectivity index (χ0v) is 10.3. The Morgan fingerprint density at radius 2 is 2.18 bits per heavy atom. The van der Waals surface area contributed by atoms with E-state index in [1.807, 2.05) is 20.0 Å². The molecule has 2 aromatic rings. The molecule has 2 rings (SSSR count). The van der Waals surface area contributed by atoms with Gasteiger partial charge in [-0.25, -0.2) is 4.39 Å². The minimum Gasteiger partial charge on any atom is -0.298 e. The number of benzene rings is 1. The molecule has 88 valence electrons. The Morgan fingerprint density at radius 1 is 1.41 bits per heavy atom. The molecule has 1 aromatic carbocycles. The van der Waals surface area contributed by atoms with Crippen LogP contribution in [0.1, 0.15) is 16.1 Å². The van der Waals surface area contributed by atoms with Gasteiger partial charge in [0, 0.05) is 17.5 Å². The molecule has 0 amide bonds. The summed E-state index contributed by atoms with van der Waals surface area (Å²) in [7, 11) is 1.81. The van der Waals surface area contributed by atoms with Crippen molar-refractivity contribution in [3.63, 3.8) is 0 Å². The van der Waals surface area contributed by atoms with E-state index in [-0.39, 0.29) is 0 Å². The molecule has 0 saturated carbocycles. The molecule has 0 atom stereocenters. The predicted octanol–water partition coefficient (Wildman–Crippen LogP) is 2.83. The van der Waals surface area contributed by atoms with Gasteiger partial charge in [0.15, 0.2) is 0 Å². The lowest BCUT2D eigenvalue weighted by Crippen LogP contribution is -1.93. The first-order valence-electron chi connectivity index (χ1n) is 5.03. The van der Waals surface area contributed by atoms with E-state index in [0.717, 1.165) is 10.7 Å². The van der Waals surface area contributed by atoms with Crippen molar-refractivity contribution < 1.29 is 9.18 Å². The molecule has 0 saturated heterocycles. The largest absolute Gasteiger partial charge is 0.298 e. The van der Waals surface area contributed by atoms with Gasteiger partial charge in [-0.1, -0.05) is 17.8 Å². The minimum absolute atomic E-state index is 0.341. The molecular formula is C12H11FN2OS. The van der Waals surface area contributed by atoms with Gasteiger partial charge >= 0.3 is 0 Å². The second-order valence-corrected chi connectivity index (χ2v) is 4.72.